The van der Waals surface area contributed by atoms with Crippen molar-refractivity contribution in [1.82, 2.24) is 4.98 Å². The van der Waals surface area contributed by atoms with Gasteiger partial charge in [-0.2, -0.15) is 0 Å². The van der Waals surface area contributed by atoms with E-state index in [4.69, 9.17) is 5.14 Å². The van der Waals surface area contributed by atoms with Gasteiger partial charge in [0.05, 0.1) is 10.4 Å². The summed E-state index contributed by atoms with van der Waals surface area (Å²) in [5.41, 5.74) is 2.13. The van der Waals surface area contributed by atoms with Crippen molar-refractivity contribution in [2.45, 2.75) is 11.8 Å². The quantitative estimate of drug-likeness (QED) is 0.764. The van der Waals surface area contributed by atoms with Gasteiger partial charge in [0.15, 0.2) is 0 Å². The van der Waals surface area contributed by atoms with Crippen molar-refractivity contribution < 1.29 is 13.2 Å². The topological polar surface area (TPSA) is 102 Å². The summed E-state index contributed by atoms with van der Waals surface area (Å²) in [7, 11) is -3.88. The number of hydrogen-bond donors (Lipinski definition) is 2. The molecular weight excluding hydrogens is 326 g/mol. The maximum atomic E-state index is 12.4. The lowest BCUT2D eigenvalue weighted by Gasteiger charge is -2.09. The van der Waals surface area contributed by atoms with Crippen molar-refractivity contribution in [3.63, 3.8) is 0 Å². The first-order chi connectivity index (χ1) is 11.3. The Balaban J connectivity index is 1.91. The normalized spacial score (nSPS) is 11.4. The SMILES string of the molecule is Cc1ccc(C(=O)Nc2ccc3ncccc3c2)cc1S(N)(=O)=O. The highest BCUT2D eigenvalue weighted by molar-refractivity contribution is 7.89. The molecule has 122 valence electrons. The molecule has 0 aliphatic rings. The number of nitrogens with one attached hydrogen (secondary N) is 1. The molecule has 0 bridgehead atoms. The van der Waals surface area contributed by atoms with Crippen molar-refractivity contribution in [2.24, 2.45) is 5.14 Å². The maximum absolute atomic E-state index is 12.4. The van der Waals surface area contributed by atoms with Crippen LogP contribution in [0, 0.1) is 6.92 Å². The molecular formula is C17H15N3O3S. The number of nitrogens with two attached hydrogens (primary N) is 1. The number of fused-ring (bicyclic) bond motifs is 1. The molecule has 0 unspecified atom stereocenters. The molecule has 24 heavy (non-hydrogen) atoms. The lowest BCUT2D eigenvalue weighted by atomic mass is 10.1. The molecule has 7 heteroatoms. The fourth-order valence-corrected chi connectivity index (χ4v) is 3.21. The Labute approximate surface area is 139 Å². The van der Waals surface area contributed by atoms with Gasteiger partial charge < -0.3 is 5.32 Å². The first-order valence-electron chi connectivity index (χ1n) is 7.14. The molecule has 0 atom stereocenters. The molecule has 0 radical (unpaired) electrons. The van der Waals surface area contributed by atoms with E-state index in [0.717, 1.165) is 10.9 Å². The van der Waals surface area contributed by atoms with Crippen LogP contribution in [0.4, 0.5) is 5.69 Å². The Morgan fingerprint density at radius 2 is 1.92 bits per heavy atom. The number of benzene rings is 2. The van der Waals surface area contributed by atoms with E-state index >= 15 is 0 Å². The molecule has 3 aromatic rings. The number of carbonyl (C=O) groups excluding carboxylic acids is 1. The van der Waals surface area contributed by atoms with Crippen LogP contribution in [-0.4, -0.2) is 19.3 Å². The molecule has 0 saturated carbocycles. The number of primary sulfonamides is 1. The number of amides is 1. The molecule has 3 rings (SSSR count). The largest absolute Gasteiger partial charge is 0.322 e. The van der Waals surface area contributed by atoms with Crippen LogP contribution in [0.5, 0.6) is 0 Å². The van der Waals surface area contributed by atoms with Crippen LogP contribution in [0.1, 0.15) is 15.9 Å². The van der Waals surface area contributed by atoms with Crippen LogP contribution >= 0.6 is 0 Å². The standard InChI is InChI=1S/C17H15N3O3S/c1-11-4-5-13(10-16(11)24(18,22)23)17(21)20-14-6-7-15-12(9-14)3-2-8-19-15/h2-10H,1H3,(H,20,21)(H2,18,22,23). The van der Waals surface area contributed by atoms with Gasteiger partial charge in [0.1, 0.15) is 0 Å². The second-order valence-electron chi connectivity index (χ2n) is 5.39. The number of pyridine rings is 1. The maximum Gasteiger partial charge on any atom is 0.255 e. The van der Waals surface area contributed by atoms with E-state index in [2.05, 4.69) is 10.3 Å². The van der Waals surface area contributed by atoms with Crippen molar-refractivity contribution >= 4 is 32.5 Å². The minimum absolute atomic E-state index is 0.0575. The van der Waals surface area contributed by atoms with Gasteiger partial charge in [-0.3, -0.25) is 9.78 Å². The average molecular weight is 341 g/mol. The molecule has 0 saturated heterocycles. The van der Waals surface area contributed by atoms with E-state index < -0.39 is 15.9 Å². The predicted molar refractivity (Wildman–Crippen MR) is 92.2 cm³/mol. The minimum Gasteiger partial charge on any atom is -0.322 e. The monoisotopic (exact) mass is 341 g/mol. The van der Waals surface area contributed by atoms with Crippen LogP contribution < -0.4 is 10.5 Å². The molecule has 0 aliphatic carbocycles. The Bertz CT molecular complexity index is 1050. The van der Waals surface area contributed by atoms with Crippen LogP contribution in [0.15, 0.2) is 59.6 Å². The molecule has 0 aliphatic heterocycles. The Kier molecular flexibility index (Phi) is 4.04. The van der Waals surface area contributed by atoms with Crippen molar-refractivity contribution in [2.75, 3.05) is 5.32 Å². The Morgan fingerprint density at radius 1 is 1.12 bits per heavy atom. The van der Waals surface area contributed by atoms with Crippen LogP contribution in [0.25, 0.3) is 10.9 Å². The third-order valence-corrected chi connectivity index (χ3v) is 4.67. The summed E-state index contributed by atoms with van der Waals surface area (Å²) < 4.78 is 23.1. The first kappa shape index (κ1) is 16.1. The van der Waals surface area contributed by atoms with Gasteiger partial charge in [0.2, 0.25) is 10.0 Å². The lowest BCUT2D eigenvalue weighted by Crippen LogP contribution is -2.17. The molecule has 0 spiro atoms. The van der Waals surface area contributed by atoms with Gasteiger partial charge in [-0.25, -0.2) is 13.6 Å². The summed E-state index contributed by atoms with van der Waals surface area (Å²) in [6.07, 6.45) is 1.70. The zero-order valence-electron chi connectivity index (χ0n) is 12.9. The van der Waals surface area contributed by atoms with E-state index in [1.807, 2.05) is 12.1 Å². The van der Waals surface area contributed by atoms with E-state index in [0.29, 0.717) is 11.3 Å². The molecule has 6 nitrogen and oxygen atoms in total. The number of hydrogen-bond acceptors (Lipinski definition) is 4. The van der Waals surface area contributed by atoms with Crippen molar-refractivity contribution in [1.29, 1.82) is 0 Å². The minimum atomic E-state index is -3.88. The van der Waals surface area contributed by atoms with Crippen LogP contribution in [0.2, 0.25) is 0 Å². The summed E-state index contributed by atoms with van der Waals surface area (Å²) in [6, 6.07) is 13.4. The number of aromatic nitrogens is 1. The number of nitrogens with zero attached hydrogens (tertiary/aromatic N) is 1. The van der Waals surface area contributed by atoms with Crippen LogP contribution in [0.3, 0.4) is 0 Å². The zero-order valence-corrected chi connectivity index (χ0v) is 13.7. The smallest absolute Gasteiger partial charge is 0.255 e. The van der Waals surface area contributed by atoms with Gasteiger partial charge >= 0.3 is 0 Å². The molecule has 1 heterocycles. The highest BCUT2D eigenvalue weighted by atomic mass is 32.2. The van der Waals surface area contributed by atoms with Gasteiger partial charge in [-0.1, -0.05) is 12.1 Å². The molecule has 0 fully saturated rings. The summed E-state index contributed by atoms with van der Waals surface area (Å²) in [5.74, 6) is -0.414. The number of aryl methyl sites for hydroxylation is 1. The third kappa shape index (κ3) is 3.27. The van der Waals surface area contributed by atoms with Gasteiger partial charge in [-0.05, 0) is 48.9 Å². The number of carbonyl (C=O) groups is 1. The second-order valence-corrected chi connectivity index (χ2v) is 6.92. The fraction of sp³-hybridized carbons (Fsp3) is 0.0588. The summed E-state index contributed by atoms with van der Waals surface area (Å²) in [4.78, 5) is 16.5. The van der Waals surface area contributed by atoms with E-state index in [1.165, 1.54) is 6.07 Å². The van der Waals surface area contributed by atoms with E-state index in [9.17, 15) is 13.2 Å². The summed E-state index contributed by atoms with van der Waals surface area (Å²) >= 11 is 0. The molecule has 1 aromatic heterocycles. The summed E-state index contributed by atoms with van der Waals surface area (Å²) in [5, 5.41) is 8.81. The molecule has 1 amide bonds. The van der Waals surface area contributed by atoms with Gasteiger partial charge in [-0.15, -0.1) is 0 Å². The fourth-order valence-electron chi connectivity index (χ4n) is 2.40. The van der Waals surface area contributed by atoms with E-state index in [-0.39, 0.29) is 10.5 Å². The van der Waals surface area contributed by atoms with E-state index in [1.54, 1.807) is 43.5 Å². The highest BCUT2D eigenvalue weighted by Gasteiger charge is 2.15. The number of anilines is 1. The molecule has 2 aromatic carbocycles. The third-order valence-electron chi connectivity index (χ3n) is 3.62. The Morgan fingerprint density at radius 3 is 2.67 bits per heavy atom. The Hall–Kier alpha value is -2.77. The predicted octanol–water partition coefficient (Wildman–Crippen LogP) is 2.44. The zero-order chi connectivity index (χ0) is 17.3. The highest BCUT2D eigenvalue weighted by Crippen LogP contribution is 2.19. The number of rotatable bonds is 3. The first-order valence-corrected chi connectivity index (χ1v) is 8.69. The molecule has 3 N–H and O–H groups in total. The second kappa shape index (κ2) is 6.03. The summed E-state index contributed by atoms with van der Waals surface area (Å²) in [6.45, 7) is 1.62. The van der Waals surface area contributed by atoms with Crippen molar-refractivity contribution in [3.05, 3.63) is 65.9 Å². The van der Waals surface area contributed by atoms with Crippen molar-refractivity contribution in [3.8, 4) is 0 Å². The number of sulfonamides is 1. The lowest BCUT2D eigenvalue weighted by molar-refractivity contribution is 0.102. The van der Waals surface area contributed by atoms with Crippen LogP contribution in [-0.2, 0) is 10.0 Å². The van der Waals surface area contributed by atoms with Gasteiger partial charge in [0, 0.05) is 22.8 Å². The van der Waals surface area contributed by atoms with Gasteiger partial charge in [0.25, 0.3) is 5.91 Å². The average Bonchev–Trinajstić information content (AvgIpc) is 2.54.